The third-order valence-electron chi connectivity index (χ3n) is 7.47. The van der Waals surface area contributed by atoms with E-state index >= 15 is 0 Å². The number of hydrogen-bond acceptors (Lipinski definition) is 6. The molecule has 8 nitrogen and oxygen atoms in total. The van der Waals surface area contributed by atoms with E-state index in [1.54, 1.807) is 36.4 Å². The van der Waals surface area contributed by atoms with Crippen LogP contribution in [0.1, 0.15) is 41.6 Å². The summed E-state index contributed by atoms with van der Waals surface area (Å²) in [4.78, 5) is 37.3. The van der Waals surface area contributed by atoms with E-state index in [0.717, 1.165) is 42.4 Å². The first-order valence-electron chi connectivity index (χ1n) is 14.0. The summed E-state index contributed by atoms with van der Waals surface area (Å²) in [6.45, 7) is 0.625. The van der Waals surface area contributed by atoms with Gasteiger partial charge in [-0.1, -0.05) is 48.0 Å². The summed E-state index contributed by atoms with van der Waals surface area (Å²) in [7, 11) is 3.99. The highest BCUT2D eigenvalue weighted by Crippen LogP contribution is 2.28. The fourth-order valence-electron chi connectivity index (χ4n) is 5.31. The number of nitrogens with one attached hydrogen (secondary N) is 3. The Hall–Kier alpha value is -4.17. The maximum Gasteiger partial charge on any atom is 0.255 e. The van der Waals surface area contributed by atoms with Crippen molar-refractivity contribution in [2.45, 2.75) is 38.1 Å². The van der Waals surface area contributed by atoms with Crippen molar-refractivity contribution in [3.63, 3.8) is 0 Å². The lowest BCUT2D eigenvalue weighted by molar-refractivity contribution is -0.120. The third-order valence-corrected chi connectivity index (χ3v) is 7.71. The summed E-state index contributed by atoms with van der Waals surface area (Å²) >= 11 is 6.04. The molecule has 41 heavy (non-hydrogen) atoms. The van der Waals surface area contributed by atoms with Gasteiger partial charge in [0.25, 0.3) is 5.91 Å². The zero-order valence-electron chi connectivity index (χ0n) is 23.4. The van der Waals surface area contributed by atoms with Crippen LogP contribution < -0.4 is 20.9 Å². The van der Waals surface area contributed by atoms with Crippen LogP contribution >= 0.6 is 11.6 Å². The highest BCUT2D eigenvalue weighted by molar-refractivity contribution is 6.31. The molecule has 0 atom stereocenters. The molecule has 1 saturated carbocycles. The Bertz CT molecular complexity index is 1530. The number of carbonyl (C=O) groups excluding carboxylic acids is 2. The summed E-state index contributed by atoms with van der Waals surface area (Å²) in [5.74, 6) is 1.61. The standard InChI is InChI=1S/C32H35ClN6O2/c1-39(2)30-27-12-5-6-13-28(27)37-32(38-30)36-24-16-14-21(15-17-24)20-34-29(40)18-22-8-3-4-11-26(22)31(41)35-25-10-7-9-23(33)19-25/h3-13,19,21,24H,14-18,20H2,1-2H3,(H,34,40)(H,35,41)(H,36,37,38). The summed E-state index contributed by atoms with van der Waals surface area (Å²) in [6, 6.07) is 22.5. The van der Waals surface area contributed by atoms with Gasteiger partial charge in [0, 0.05) is 48.3 Å². The Balaban J connectivity index is 1.11. The number of para-hydroxylation sites is 1. The smallest absolute Gasteiger partial charge is 0.255 e. The summed E-state index contributed by atoms with van der Waals surface area (Å²) < 4.78 is 0. The number of nitrogens with zero attached hydrogens (tertiary/aromatic N) is 3. The molecule has 1 fully saturated rings. The van der Waals surface area contributed by atoms with E-state index in [4.69, 9.17) is 21.6 Å². The van der Waals surface area contributed by atoms with Crippen molar-refractivity contribution < 1.29 is 9.59 Å². The van der Waals surface area contributed by atoms with Crippen LogP contribution in [0.3, 0.4) is 0 Å². The molecular formula is C32H35ClN6O2. The maximum atomic E-state index is 12.9. The molecule has 3 N–H and O–H groups in total. The topological polar surface area (TPSA) is 99.3 Å². The van der Waals surface area contributed by atoms with Crippen molar-refractivity contribution >= 4 is 51.8 Å². The predicted molar refractivity (Wildman–Crippen MR) is 166 cm³/mol. The number of fused-ring (bicyclic) bond motifs is 1. The average Bonchev–Trinajstić information content (AvgIpc) is 2.96. The van der Waals surface area contributed by atoms with Crippen molar-refractivity contribution in [3.05, 3.63) is 88.9 Å². The van der Waals surface area contributed by atoms with Gasteiger partial charge in [-0.3, -0.25) is 9.59 Å². The SMILES string of the molecule is CN(C)c1nc(NC2CCC(CNC(=O)Cc3ccccc3C(=O)Nc3cccc(Cl)c3)CC2)nc2ccccc12. The predicted octanol–water partition coefficient (Wildman–Crippen LogP) is 5.93. The van der Waals surface area contributed by atoms with Crippen molar-refractivity contribution in [1.82, 2.24) is 15.3 Å². The quantitative estimate of drug-likeness (QED) is 0.231. The minimum absolute atomic E-state index is 0.0889. The fourth-order valence-corrected chi connectivity index (χ4v) is 5.50. The molecule has 0 aliphatic heterocycles. The number of hydrogen-bond donors (Lipinski definition) is 3. The molecule has 0 spiro atoms. The van der Waals surface area contributed by atoms with Crippen LogP contribution in [0, 0.1) is 5.92 Å². The van der Waals surface area contributed by atoms with Crippen molar-refractivity contribution in [2.75, 3.05) is 36.2 Å². The molecule has 9 heteroatoms. The molecule has 2 amide bonds. The van der Waals surface area contributed by atoms with Crippen LogP contribution in [0.4, 0.5) is 17.5 Å². The van der Waals surface area contributed by atoms with Gasteiger partial charge in [0.15, 0.2) is 0 Å². The van der Waals surface area contributed by atoms with Crippen LogP contribution in [-0.4, -0.2) is 48.5 Å². The molecule has 212 valence electrons. The van der Waals surface area contributed by atoms with Crippen LogP contribution in [0.2, 0.25) is 5.02 Å². The minimum atomic E-state index is -0.269. The molecule has 1 heterocycles. The molecule has 0 unspecified atom stereocenters. The molecule has 5 rings (SSSR count). The van der Waals surface area contributed by atoms with E-state index in [9.17, 15) is 9.59 Å². The van der Waals surface area contributed by atoms with Gasteiger partial charge in [-0.15, -0.1) is 0 Å². The highest BCUT2D eigenvalue weighted by Gasteiger charge is 2.23. The molecule has 0 radical (unpaired) electrons. The van der Waals surface area contributed by atoms with Gasteiger partial charge in [0.1, 0.15) is 5.82 Å². The normalized spacial score (nSPS) is 16.7. The Morgan fingerprint density at radius 3 is 2.46 bits per heavy atom. The molecule has 0 bridgehead atoms. The molecule has 1 aliphatic rings. The first-order valence-corrected chi connectivity index (χ1v) is 14.4. The van der Waals surface area contributed by atoms with Gasteiger partial charge in [0.05, 0.1) is 11.9 Å². The minimum Gasteiger partial charge on any atom is -0.362 e. The molecular weight excluding hydrogens is 536 g/mol. The number of anilines is 3. The number of rotatable bonds is 9. The lowest BCUT2D eigenvalue weighted by atomic mass is 9.86. The van der Waals surface area contributed by atoms with Gasteiger partial charge in [-0.05, 0) is 73.6 Å². The van der Waals surface area contributed by atoms with E-state index in [1.807, 2.05) is 55.4 Å². The van der Waals surface area contributed by atoms with Gasteiger partial charge in [0.2, 0.25) is 11.9 Å². The zero-order chi connectivity index (χ0) is 28.8. The Labute approximate surface area is 245 Å². The van der Waals surface area contributed by atoms with Crippen LogP contribution in [-0.2, 0) is 11.2 Å². The van der Waals surface area contributed by atoms with E-state index in [-0.39, 0.29) is 18.2 Å². The number of aromatic nitrogens is 2. The molecule has 1 aromatic heterocycles. The van der Waals surface area contributed by atoms with E-state index in [1.165, 1.54) is 0 Å². The zero-order valence-corrected chi connectivity index (χ0v) is 24.1. The highest BCUT2D eigenvalue weighted by atomic mass is 35.5. The molecule has 3 aromatic carbocycles. The monoisotopic (exact) mass is 570 g/mol. The van der Waals surface area contributed by atoms with Gasteiger partial charge < -0.3 is 20.9 Å². The second-order valence-corrected chi connectivity index (χ2v) is 11.2. The van der Waals surface area contributed by atoms with Crippen molar-refractivity contribution in [3.8, 4) is 0 Å². The Morgan fingerprint density at radius 2 is 1.68 bits per heavy atom. The summed E-state index contributed by atoms with van der Waals surface area (Å²) in [5, 5.41) is 11.1. The number of amides is 2. The lowest BCUT2D eigenvalue weighted by Gasteiger charge is -2.29. The third kappa shape index (κ3) is 7.32. The van der Waals surface area contributed by atoms with Crippen LogP contribution in [0.15, 0.2) is 72.8 Å². The van der Waals surface area contributed by atoms with E-state index in [0.29, 0.717) is 46.3 Å². The summed E-state index contributed by atoms with van der Waals surface area (Å²) in [5.41, 5.74) is 2.69. The first kappa shape index (κ1) is 28.4. The summed E-state index contributed by atoms with van der Waals surface area (Å²) in [6.07, 6.45) is 4.12. The second kappa shape index (κ2) is 13.0. The van der Waals surface area contributed by atoms with Crippen LogP contribution in [0.25, 0.3) is 10.9 Å². The molecule has 1 aliphatic carbocycles. The lowest BCUT2D eigenvalue weighted by Crippen LogP contribution is -2.35. The van der Waals surface area contributed by atoms with Gasteiger partial charge in [-0.25, -0.2) is 4.98 Å². The van der Waals surface area contributed by atoms with Crippen molar-refractivity contribution in [2.24, 2.45) is 5.92 Å². The second-order valence-electron chi connectivity index (χ2n) is 10.7. The molecule has 4 aromatic rings. The Kier molecular flexibility index (Phi) is 8.99. The van der Waals surface area contributed by atoms with Gasteiger partial charge in [-0.2, -0.15) is 4.98 Å². The van der Waals surface area contributed by atoms with Crippen LogP contribution in [0.5, 0.6) is 0 Å². The largest absolute Gasteiger partial charge is 0.362 e. The maximum absolute atomic E-state index is 12.9. The fraction of sp³-hybridized carbons (Fsp3) is 0.312. The van der Waals surface area contributed by atoms with Gasteiger partial charge >= 0.3 is 0 Å². The van der Waals surface area contributed by atoms with E-state index in [2.05, 4.69) is 16.0 Å². The number of benzene rings is 3. The Morgan fingerprint density at radius 1 is 0.927 bits per heavy atom. The molecule has 0 saturated heterocycles. The number of halogens is 1. The average molecular weight is 571 g/mol. The first-order chi connectivity index (χ1) is 19.9. The van der Waals surface area contributed by atoms with E-state index < -0.39 is 0 Å². The number of carbonyl (C=O) groups is 2. The van der Waals surface area contributed by atoms with Crippen molar-refractivity contribution in [1.29, 1.82) is 0 Å².